The van der Waals surface area contributed by atoms with Gasteiger partial charge in [-0.25, -0.2) is 0 Å². The lowest BCUT2D eigenvalue weighted by Gasteiger charge is -2.17. The first-order chi connectivity index (χ1) is 11.6. The predicted octanol–water partition coefficient (Wildman–Crippen LogP) is 3.64. The zero-order chi connectivity index (χ0) is 17.4. The number of amides is 1. The molecule has 2 rings (SSSR count). The number of hydrogen-bond acceptors (Lipinski definition) is 3. The van der Waals surface area contributed by atoms with E-state index in [0.29, 0.717) is 13.2 Å². The summed E-state index contributed by atoms with van der Waals surface area (Å²) in [6, 6.07) is 15.7. The summed E-state index contributed by atoms with van der Waals surface area (Å²) in [5.41, 5.74) is 3.18. The van der Waals surface area contributed by atoms with Crippen molar-refractivity contribution >= 4 is 11.6 Å². The fraction of sp³-hybridized carbons (Fsp3) is 0.350. The number of nitrogens with zero attached hydrogens (tertiary/aromatic N) is 1. The Hall–Kier alpha value is -2.33. The maximum absolute atomic E-state index is 12.2. The Morgan fingerprint density at radius 1 is 1.08 bits per heavy atom. The number of para-hydroxylation sites is 1. The van der Waals surface area contributed by atoms with Crippen molar-refractivity contribution in [2.24, 2.45) is 0 Å². The van der Waals surface area contributed by atoms with E-state index in [-0.39, 0.29) is 5.91 Å². The Morgan fingerprint density at radius 3 is 2.58 bits per heavy atom. The summed E-state index contributed by atoms with van der Waals surface area (Å²) in [6.45, 7) is 5.90. The SMILES string of the molecule is Cc1cccc(NC(=O)CN(C)CCCOc2ccccc2)c1C. The number of hydrogen-bond donors (Lipinski definition) is 1. The number of benzene rings is 2. The molecule has 0 aliphatic rings. The molecule has 0 saturated heterocycles. The minimum Gasteiger partial charge on any atom is -0.494 e. The van der Waals surface area contributed by atoms with Gasteiger partial charge in [-0.1, -0.05) is 30.3 Å². The minimum atomic E-state index is 0.00942. The van der Waals surface area contributed by atoms with E-state index in [1.807, 2.05) is 74.3 Å². The van der Waals surface area contributed by atoms with Crippen LogP contribution in [-0.2, 0) is 4.79 Å². The molecule has 0 radical (unpaired) electrons. The lowest BCUT2D eigenvalue weighted by atomic mass is 10.1. The molecule has 4 heteroatoms. The predicted molar refractivity (Wildman–Crippen MR) is 98.6 cm³/mol. The third-order valence-corrected chi connectivity index (χ3v) is 3.99. The van der Waals surface area contributed by atoms with Gasteiger partial charge in [0.05, 0.1) is 13.2 Å². The van der Waals surface area contributed by atoms with E-state index in [9.17, 15) is 4.79 Å². The first-order valence-electron chi connectivity index (χ1n) is 8.28. The van der Waals surface area contributed by atoms with Gasteiger partial charge in [0.2, 0.25) is 5.91 Å². The van der Waals surface area contributed by atoms with Gasteiger partial charge in [-0.3, -0.25) is 9.69 Å². The summed E-state index contributed by atoms with van der Waals surface area (Å²) < 4.78 is 5.66. The van der Waals surface area contributed by atoms with Crippen LogP contribution in [0, 0.1) is 13.8 Å². The smallest absolute Gasteiger partial charge is 0.238 e. The average Bonchev–Trinajstić information content (AvgIpc) is 2.57. The van der Waals surface area contributed by atoms with Gasteiger partial charge in [-0.15, -0.1) is 0 Å². The Kier molecular flexibility index (Phi) is 6.82. The monoisotopic (exact) mass is 326 g/mol. The second-order valence-corrected chi connectivity index (χ2v) is 6.05. The molecule has 1 N–H and O–H groups in total. The number of likely N-dealkylation sites (N-methyl/N-ethyl adjacent to an activating group) is 1. The number of carbonyl (C=O) groups is 1. The summed E-state index contributed by atoms with van der Waals surface area (Å²) in [5, 5.41) is 2.99. The van der Waals surface area contributed by atoms with Crippen LogP contribution in [0.5, 0.6) is 5.75 Å². The van der Waals surface area contributed by atoms with E-state index in [1.165, 1.54) is 5.56 Å². The molecular weight excluding hydrogens is 300 g/mol. The van der Waals surface area contributed by atoms with Crippen molar-refractivity contribution in [1.29, 1.82) is 0 Å². The number of carbonyl (C=O) groups excluding carboxylic acids is 1. The van der Waals surface area contributed by atoms with E-state index in [1.54, 1.807) is 0 Å². The lowest BCUT2D eigenvalue weighted by molar-refractivity contribution is -0.117. The zero-order valence-electron chi connectivity index (χ0n) is 14.7. The van der Waals surface area contributed by atoms with Gasteiger partial charge in [-0.05, 0) is 56.6 Å². The standard InChI is InChI=1S/C20H26N2O2/c1-16-9-7-12-19(17(16)2)21-20(23)15-22(3)13-8-14-24-18-10-5-4-6-11-18/h4-7,9-12H,8,13-15H2,1-3H3,(H,21,23). The van der Waals surface area contributed by atoms with Crippen LogP contribution in [0.25, 0.3) is 0 Å². The summed E-state index contributed by atoms with van der Waals surface area (Å²) >= 11 is 0. The fourth-order valence-corrected chi connectivity index (χ4v) is 2.44. The number of aryl methyl sites for hydroxylation is 1. The summed E-state index contributed by atoms with van der Waals surface area (Å²) in [5.74, 6) is 0.892. The van der Waals surface area contributed by atoms with E-state index in [2.05, 4.69) is 5.32 Å². The number of rotatable bonds is 8. The lowest BCUT2D eigenvalue weighted by Crippen LogP contribution is -2.31. The topological polar surface area (TPSA) is 41.6 Å². The molecule has 0 aliphatic carbocycles. The van der Waals surface area contributed by atoms with Crippen LogP contribution in [0.4, 0.5) is 5.69 Å². The first kappa shape index (κ1) is 18.0. The highest BCUT2D eigenvalue weighted by molar-refractivity contribution is 5.93. The molecule has 1 amide bonds. The van der Waals surface area contributed by atoms with Crippen LogP contribution < -0.4 is 10.1 Å². The van der Waals surface area contributed by atoms with Gasteiger partial charge < -0.3 is 10.1 Å². The van der Waals surface area contributed by atoms with Crippen molar-refractivity contribution in [2.75, 3.05) is 32.1 Å². The van der Waals surface area contributed by atoms with E-state index >= 15 is 0 Å². The van der Waals surface area contributed by atoms with Crippen molar-refractivity contribution in [3.8, 4) is 5.75 Å². The van der Waals surface area contributed by atoms with Crippen molar-refractivity contribution in [1.82, 2.24) is 4.90 Å². The first-order valence-corrected chi connectivity index (χ1v) is 8.28. The van der Waals surface area contributed by atoms with Crippen LogP contribution in [0.15, 0.2) is 48.5 Å². The molecule has 4 nitrogen and oxygen atoms in total. The van der Waals surface area contributed by atoms with E-state index in [0.717, 1.165) is 30.0 Å². The molecule has 0 aromatic heterocycles. The quantitative estimate of drug-likeness (QED) is 0.753. The maximum atomic E-state index is 12.2. The largest absolute Gasteiger partial charge is 0.494 e. The molecule has 0 spiro atoms. The van der Waals surface area contributed by atoms with Crippen LogP contribution in [-0.4, -0.2) is 37.6 Å². The van der Waals surface area contributed by atoms with Gasteiger partial charge in [0.15, 0.2) is 0 Å². The van der Waals surface area contributed by atoms with Gasteiger partial charge >= 0.3 is 0 Å². The highest BCUT2D eigenvalue weighted by Crippen LogP contribution is 2.17. The molecule has 0 heterocycles. The van der Waals surface area contributed by atoms with E-state index < -0.39 is 0 Å². The van der Waals surface area contributed by atoms with E-state index in [4.69, 9.17) is 4.74 Å². The van der Waals surface area contributed by atoms with Crippen molar-refractivity contribution in [2.45, 2.75) is 20.3 Å². The molecule has 0 bridgehead atoms. The molecule has 2 aromatic rings. The molecule has 0 saturated carbocycles. The normalized spacial score (nSPS) is 10.7. The van der Waals surface area contributed by atoms with Crippen LogP contribution in [0.1, 0.15) is 17.5 Å². The third-order valence-electron chi connectivity index (χ3n) is 3.99. The third kappa shape index (κ3) is 5.70. The van der Waals surface area contributed by atoms with Crippen LogP contribution in [0.2, 0.25) is 0 Å². The van der Waals surface area contributed by atoms with Gasteiger partial charge in [0.1, 0.15) is 5.75 Å². The van der Waals surface area contributed by atoms with Crippen molar-refractivity contribution in [3.63, 3.8) is 0 Å². The Balaban J connectivity index is 1.69. The Morgan fingerprint density at radius 2 is 1.83 bits per heavy atom. The molecule has 0 unspecified atom stereocenters. The highest BCUT2D eigenvalue weighted by atomic mass is 16.5. The van der Waals surface area contributed by atoms with Crippen LogP contribution >= 0.6 is 0 Å². The highest BCUT2D eigenvalue weighted by Gasteiger charge is 2.09. The molecule has 0 aliphatic heterocycles. The zero-order valence-corrected chi connectivity index (χ0v) is 14.7. The van der Waals surface area contributed by atoms with Crippen molar-refractivity contribution in [3.05, 3.63) is 59.7 Å². The molecule has 0 fully saturated rings. The second-order valence-electron chi connectivity index (χ2n) is 6.05. The Labute approximate surface area is 144 Å². The van der Waals surface area contributed by atoms with Gasteiger partial charge in [0, 0.05) is 12.2 Å². The average molecular weight is 326 g/mol. The van der Waals surface area contributed by atoms with Crippen LogP contribution in [0.3, 0.4) is 0 Å². The van der Waals surface area contributed by atoms with Gasteiger partial charge in [-0.2, -0.15) is 0 Å². The number of anilines is 1. The van der Waals surface area contributed by atoms with Crippen molar-refractivity contribution < 1.29 is 9.53 Å². The second kappa shape index (κ2) is 9.08. The molecule has 24 heavy (non-hydrogen) atoms. The molecule has 2 aromatic carbocycles. The molecule has 0 atom stereocenters. The van der Waals surface area contributed by atoms with Gasteiger partial charge in [0.25, 0.3) is 0 Å². The maximum Gasteiger partial charge on any atom is 0.238 e. The number of nitrogens with one attached hydrogen (secondary N) is 1. The minimum absolute atomic E-state index is 0.00942. The summed E-state index contributed by atoms with van der Waals surface area (Å²) in [6.07, 6.45) is 0.877. The summed E-state index contributed by atoms with van der Waals surface area (Å²) in [4.78, 5) is 14.2. The molecule has 128 valence electrons. The number of ether oxygens (including phenoxy) is 1. The Bertz CT molecular complexity index is 656. The fourth-order valence-electron chi connectivity index (χ4n) is 2.44. The molecular formula is C20H26N2O2. The summed E-state index contributed by atoms with van der Waals surface area (Å²) in [7, 11) is 1.95.